The molecule has 0 aliphatic carbocycles. The van der Waals surface area contributed by atoms with Crippen LogP contribution in [-0.2, 0) is 13.2 Å². The number of fused-ring (bicyclic) bond motifs is 1. The summed E-state index contributed by atoms with van der Waals surface area (Å²) in [5.74, 6) is 0.887. The molecule has 4 aromatic carbocycles. The molecule has 0 aliphatic rings. The molecular weight excluding hydrogens is 366 g/mol. The molecule has 3 heteroatoms. The molecule has 28 heavy (non-hydrogen) atoms. The molecule has 0 saturated heterocycles. The first-order valence-corrected chi connectivity index (χ1v) is 9.75. The lowest BCUT2D eigenvalue weighted by molar-refractivity contribution is 0.304. The van der Waals surface area contributed by atoms with Crippen LogP contribution in [0.2, 0.25) is 5.02 Å². The third-order valence-electron chi connectivity index (χ3n) is 4.80. The Labute approximate surface area is 170 Å². The number of halogens is 1. The van der Waals surface area contributed by atoms with Crippen molar-refractivity contribution in [3.63, 3.8) is 0 Å². The van der Waals surface area contributed by atoms with E-state index in [1.165, 1.54) is 16.3 Å². The molecule has 4 aromatic rings. The van der Waals surface area contributed by atoms with Gasteiger partial charge < -0.3 is 10.1 Å². The molecule has 140 valence electrons. The quantitative estimate of drug-likeness (QED) is 0.384. The van der Waals surface area contributed by atoms with E-state index in [4.69, 9.17) is 16.3 Å². The van der Waals surface area contributed by atoms with Gasteiger partial charge in [0, 0.05) is 22.8 Å². The van der Waals surface area contributed by atoms with Crippen LogP contribution >= 0.6 is 11.6 Å². The van der Waals surface area contributed by atoms with Crippen LogP contribution in [0.1, 0.15) is 16.7 Å². The van der Waals surface area contributed by atoms with Crippen molar-refractivity contribution in [2.75, 3.05) is 5.32 Å². The van der Waals surface area contributed by atoms with Crippen LogP contribution in [0, 0.1) is 6.92 Å². The molecule has 0 bridgehead atoms. The Morgan fingerprint density at radius 2 is 1.68 bits per heavy atom. The van der Waals surface area contributed by atoms with Gasteiger partial charge in [0.1, 0.15) is 12.4 Å². The van der Waals surface area contributed by atoms with E-state index >= 15 is 0 Å². The van der Waals surface area contributed by atoms with Gasteiger partial charge >= 0.3 is 0 Å². The van der Waals surface area contributed by atoms with Gasteiger partial charge in [-0.1, -0.05) is 71.8 Å². The van der Waals surface area contributed by atoms with Gasteiger partial charge in [-0.2, -0.15) is 0 Å². The van der Waals surface area contributed by atoms with Crippen molar-refractivity contribution in [1.29, 1.82) is 0 Å². The summed E-state index contributed by atoms with van der Waals surface area (Å²) in [6.07, 6.45) is 0. The first-order chi connectivity index (χ1) is 13.7. The average molecular weight is 388 g/mol. The lowest BCUT2D eigenvalue weighted by atomic mass is 10.0. The molecule has 0 saturated carbocycles. The van der Waals surface area contributed by atoms with Crippen molar-refractivity contribution in [3.8, 4) is 5.75 Å². The second-order valence-electron chi connectivity index (χ2n) is 6.90. The molecule has 0 fully saturated rings. The second kappa shape index (κ2) is 8.37. The van der Waals surface area contributed by atoms with Crippen LogP contribution in [-0.4, -0.2) is 0 Å². The Hall–Kier alpha value is -2.97. The number of nitrogens with one attached hydrogen (secondary N) is 1. The summed E-state index contributed by atoms with van der Waals surface area (Å²) in [6, 6.07) is 28.8. The van der Waals surface area contributed by atoms with Crippen LogP contribution in [0.5, 0.6) is 5.75 Å². The Morgan fingerprint density at radius 3 is 2.50 bits per heavy atom. The van der Waals surface area contributed by atoms with Gasteiger partial charge in [-0.25, -0.2) is 0 Å². The van der Waals surface area contributed by atoms with Gasteiger partial charge in [-0.15, -0.1) is 0 Å². The normalized spacial score (nSPS) is 10.8. The third-order valence-corrected chi connectivity index (χ3v) is 5.04. The zero-order valence-electron chi connectivity index (χ0n) is 15.8. The second-order valence-corrected chi connectivity index (χ2v) is 7.34. The van der Waals surface area contributed by atoms with Crippen molar-refractivity contribution in [3.05, 3.63) is 107 Å². The van der Waals surface area contributed by atoms with Gasteiger partial charge in [0.25, 0.3) is 0 Å². The molecule has 1 N–H and O–H groups in total. The monoisotopic (exact) mass is 387 g/mol. The molecule has 4 rings (SSSR count). The first kappa shape index (κ1) is 18.4. The molecule has 0 atom stereocenters. The highest BCUT2D eigenvalue weighted by atomic mass is 35.5. The van der Waals surface area contributed by atoms with Gasteiger partial charge in [0.05, 0.1) is 0 Å². The van der Waals surface area contributed by atoms with Crippen molar-refractivity contribution in [1.82, 2.24) is 0 Å². The summed E-state index contributed by atoms with van der Waals surface area (Å²) in [7, 11) is 0. The molecule has 0 unspecified atom stereocenters. The molecule has 0 aliphatic heterocycles. The largest absolute Gasteiger partial charge is 0.489 e. The van der Waals surface area contributed by atoms with Crippen molar-refractivity contribution in [2.45, 2.75) is 20.1 Å². The minimum Gasteiger partial charge on any atom is -0.489 e. The van der Waals surface area contributed by atoms with Crippen molar-refractivity contribution in [2.24, 2.45) is 0 Å². The summed E-state index contributed by atoms with van der Waals surface area (Å²) >= 11 is 6.10. The van der Waals surface area contributed by atoms with E-state index in [0.29, 0.717) is 13.2 Å². The first-order valence-electron chi connectivity index (χ1n) is 9.37. The highest BCUT2D eigenvalue weighted by Gasteiger charge is 2.10. The fraction of sp³-hybridized carbons (Fsp3) is 0.120. The zero-order chi connectivity index (χ0) is 19.3. The maximum Gasteiger partial charge on any atom is 0.125 e. The Kier molecular flexibility index (Phi) is 5.50. The van der Waals surface area contributed by atoms with Crippen molar-refractivity contribution >= 4 is 28.1 Å². The summed E-state index contributed by atoms with van der Waals surface area (Å²) in [4.78, 5) is 0. The fourth-order valence-corrected chi connectivity index (χ4v) is 3.50. The fourth-order valence-electron chi connectivity index (χ4n) is 3.28. The van der Waals surface area contributed by atoms with Gasteiger partial charge in [-0.05, 0) is 53.6 Å². The number of anilines is 1. The highest BCUT2D eigenvalue weighted by molar-refractivity contribution is 6.30. The Bertz CT molecular complexity index is 1090. The number of benzene rings is 4. The predicted octanol–water partition coefficient (Wildman–Crippen LogP) is 6.99. The number of hydrogen-bond donors (Lipinski definition) is 1. The maximum atomic E-state index is 6.20. The van der Waals surface area contributed by atoms with E-state index in [1.54, 1.807) is 0 Å². The molecule has 0 aromatic heterocycles. The van der Waals surface area contributed by atoms with E-state index < -0.39 is 0 Å². The van der Waals surface area contributed by atoms with Gasteiger partial charge in [0.2, 0.25) is 0 Å². The Morgan fingerprint density at radius 1 is 0.857 bits per heavy atom. The number of ether oxygens (including phenoxy) is 1. The van der Waals surface area contributed by atoms with E-state index in [9.17, 15) is 0 Å². The molecule has 0 amide bonds. The minimum atomic E-state index is 0.483. The molecular formula is C25H22ClNO. The molecule has 2 nitrogen and oxygen atoms in total. The number of aryl methyl sites for hydroxylation is 1. The summed E-state index contributed by atoms with van der Waals surface area (Å²) < 4.78 is 6.20. The lowest BCUT2D eigenvalue weighted by Gasteiger charge is -2.16. The smallest absolute Gasteiger partial charge is 0.125 e. The van der Waals surface area contributed by atoms with Crippen LogP contribution < -0.4 is 10.1 Å². The average Bonchev–Trinajstić information content (AvgIpc) is 2.72. The summed E-state index contributed by atoms with van der Waals surface area (Å²) in [6.45, 7) is 3.27. The van der Waals surface area contributed by atoms with Crippen LogP contribution in [0.15, 0.2) is 84.9 Å². The third kappa shape index (κ3) is 4.29. The van der Waals surface area contributed by atoms with E-state index in [2.05, 4.69) is 72.9 Å². The maximum absolute atomic E-state index is 6.20. The van der Waals surface area contributed by atoms with Crippen molar-refractivity contribution < 1.29 is 4.74 Å². The SMILES string of the molecule is Cc1ccc(NCc2c(OCc3cccc(Cl)c3)ccc3ccccc23)cc1. The van der Waals surface area contributed by atoms with E-state index in [-0.39, 0.29) is 0 Å². The molecule has 0 radical (unpaired) electrons. The molecule has 0 spiro atoms. The number of hydrogen-bond acceptors (Lipinski definition) is 2. The topological polar surface area (TPSA) is 21.3 Å². The van der Waals surface area contributed by atoms with E-state index in [1.807, 2.05) is 24.3 Å². The summed E-state index contributed by atoms with van der Waals surface area (Å²) in [5.41, 5.74) is 4.55. The molecule has 0 heterocycles. The predicted molar refractivity (Wildman–Crippen MR) is 118 cm³/mol. The number of rotatable bonds is 6. The van der Waals surface area contributed by atoms with Crippen LogP contribution in [0.25, 0.3) is 10.8 Å². The van der Waals surface area contributed by atoms with Crippen LogP contribution in [0.3, 0.4) is 0 Å². The Balaban J connectivity index is 1.61. The summed E-state index contributed by atoms with van der Waals surface area (Å²) in [5, 5.41) is 6.66. The minimum absolute atomic E-state index is 0.483. The lowest BCUT2D eigenvalue weighted by Crippen LogP contribution is -2.04. The standard InChI is InChI=1S/C25H22ClNO/c1-18-9-12-22(13-10-18)27-16-24-23-8-3-2-6-20(23)11-14-25(24)28-17-19-5-4-7-21(26)15-19/h2-15,27H,16-17H2,1H3. The van der Waals surface area contributed by atoms with Crippen LogP contribution in [0.4, 0.5) is 5.69 Å². The zero-order valence-corrected chi connectivity index (χ0v) is 16.5. The van der Waals surface area contributed by atoms with E-state index in [0.717, 1.165) is 27.6 Å². The van der Waals surface area contributed by atoms with Gasteiger partial charge in [-0.3, -0.25) is 0 Å². The van der Waals surface area contributed by atoms with Gasteiger partial charge in [0.15, 0.2) is 0 Å². The highest BCUT2D eigenvalue weighted by Crippen LogP contribution is 2.30.